The Kier molecular flexibility index (Phi) is 6.18. The quantitative estimate of drug-likeness (QED) is 0.517. The molecule has 0 fully saturated rings. The number of carbonyl (C=O) groups is 1. The normalized spacial score (nSPS) is 10.8. The summed E-state index contributed by atoms with van der Waals surface area (Å²) in [6.45, 7) is 2.18. The van der Waals surface area contributed by atoms with Gasteiger partial charge in [0.25, 0.3) is 5.91 Å². The van der Waals surface area contributed by atoms with Crippen LogP contribution in [0.15, 0.2) is 48.9 Å². The van der Waals surface area contributed by atoms with Gasteiger partial charge in [0.1, 0.15) is 5.82 Å². The number of rotatable bonds is 9. The molecule has 146 valence electrons. The zero-order valence-corrected chi connectivity index (χ0v) is 16.0. The smallest absolute Gasteiger partial charge is 0.254 e. The SMILES string of the molecule is CN(C)CCn1cc(Nc2ncc(C(N)=O)c(NCc3ccccc3)n2)cn1. The van der Waals surface area contributed by atoms with E-state index >= 15 is 0 Å². The van der Waals surface area contributed by atoms with Crippen LogP contribution in [0.5, 0.6) is 0 Å². The lowest BCUT2D eigenvalue weighted by molar-refractivity contribution is 0.100. The first-order valence-corrected chi connectivity index (χ1v) is 8.90. The first-order chi connectivity index (χ1) is 13.5. The lowest BCUT2D eigenvalue weighted by atomic mass is 10.2. The monoisotopic (exact) mass is 380 g/mol. The molecule has 3 aromatic rings. The summed E-state index contributed by atoms with van der Waals surface area (Å²) in [5.74, 6) is 0.153. The molecule has 3 rings (SSSR count). The molecule has 1 amide bonds. The Morgan fingerprint density at radius 2 is 2.00 bits per heavy atom. The van der Waals surface area contributed by atoms with Crippen molar-refractivity contribution in [2.75, 3.05) is 31.3 Å². The molecule has 28 heavy (non-hydrogen) atoms. The molecule has 0 bridgehead atoms. The lowest BCUT2D eigenvalue weighted by Gasteiger charge is -2.11. The highest BCUT2D eigenvalue weighted by Gasteiger charge is 2.12. The van der Waals surface area contributed by atoms with Gasteiger partial charge in [0.15, 0.2) is 0 Å². The second kappa shape index (κ2) is 8.96. The van der Waals surface area contributed by atoms with E-state index in [1.165, 1.54) is 6.20 Å². The molecule has 9 nitrogen and oxygen atoms in total. The van der Waals surface area contributed by atoms with Crippen molar-refractivity contribution in [2.24, 2.45) is 5.73 Å². The Morgan fingerprint density at radius 1 is 1.21 bits per heavy atom. The number of likely N-dealkylation sites (N-methyl/N-ethyl adjacent to an activating group) is 1. The predicted molar refractivity (Wildman–Crippen MR) is 108 cm³/mol. The molecule has 0 spiro atoms. The fraction of sp³-hybridized carbons (Fsp3) is 0.263. The first kappa shape index (κ1) is 19.3. The van der Waals surface area contributed by atoms with E-state index in [2.05, 4.69) is 30.6 Å². The molecule has 0 radical (unpaired) electrons. The van der Waals surface area contributed by atoms with Crippen molar-refractivity contribution >= 4 is 23.4 Å². The number of nitrogens with two attached hydrogens (primary N) is 1. The van der Waals surface area contributed by atoms with Crippen LogP contribution in [0.3, 0.4) is 0 Å². The average Bonchev–Trinajstić information content (AvgIpc) is 3.13. The molecule has 0 aliphatic rings. The molecule has 0 saturated carbocycles. The van der Waals surface area contributed by atoms with Gasteiger partial charge in [-0.15, -0.1) is 0 Å². The highest BCUT2D eigenvalue weighted by Crippen LogP contribution is 2.18. The zero-order valence-electron chi connectivity index (χ0n) is 16.0. The van der Waals surface area contributed by atoms with E-state index < -0.39 is 5.91 Å². The summed E-state index contributed by atoms with van der Waals surface area (Å²) in [5, 5.41) is 10.6. The minimum Gasteiger partial charge on any atom is -0.365 e. The number of primary amides is 1. The van der Waals surface area contributed by atoms with Crippen LogP contribution in [-0.2, 0) is 13.1 Å². The van der Waals surface area contributed by atoms with Crippen LogP contribution in [0.25, 0.3) is 0 Å². The van der Waals surface area contributed by atoms with Gasteiger partial charge >= 0.3 is 0 Å². The number of hydrogen-bond donors (Lipinski definition) is 3. The van der Waals surface area contributed by atoms with Crippen LogP contribution in [0.1, 0.15) is 15.9 Å². The molecule has 1 aromatic carbocycles. The van der Waals surface area contributed by atoms with Crippen molar-refractivity contribution in [3.05, 3.63) is 60.0 Å². The molecule has 2 heterocycles. The molecule has 0 atom stereocenters. The van der Waals surface area contributed by atoms with Crippen LogP contribution in [0.2, 0.25) is 0 Å². The molecule has 0 unspecified atom stereocenters. The van der Waals surface area contributed by atoms with E-state index in [4.69, 9.17) is 5.73 Å². The Morgan fingerprint density at radius 3 is 2.71 bits per heavy atom. The van der Waals surface area contributed by atoms with Gasteiger partial charge in [0, 0.05) is 25.5 Å². The van der Waals surface area contributed by atoms with Crippen LogP contribution < -0.4 is 16.4 Å². The van der Waals surface area contributed by atoms with Gasteiger partial charge in [-0.1, -0.05) is 30.3 Å². The molecule has 9 heteroatoms. The predicted octanol–water partition coefficient (Wildman–Crippen LogP) is 1.69. The molecule has 4 N–H and O–H groups in total. The summed E-state index contributed by atoms with van der Waals surface area (Å²) in [7, 11) is 4.03. The Balaban J connectivity index is 1.72. The molecule has 2 aromatic heterocycles. The number of nitrogens with one attached hydrogen (secondary N) is 2. The second-order valence-corrected chi connectivity index (χ2v) is 6.58. The summed E-state index contributed by atoms with van der Waals surface area (Å²) in [4.78, 5) is 22.4. The van der Waals surface area contributed by atoms with Gasteiger partial charge in [0.05, 0.1) is 24.0 Å². The van der Waals surface area contributed by atoms with Gasteiger partial charge in [-0.05, 0) is 19.7 Å². The lowest BCUT2D eigenvalue weighted by Crippen LogP contribution is -2.18. The van der Waals surface area contributed by atoms with Crippen LogP contribution >= 0.6 is 0 Å². The maximum Gasteiger partial charge on any atom is 0.254 e. The number of carbonyl (C=O) groups excluding carboxylic acids is 1. The number of aromatic nitrogens is 4. The maximum absolute atomic E-state index is 11.7. The van der Waals surface area contributed by atoms with Gasteiger partial charge in [-0.25, -0.2) is 4.98 Å². The fourth-order valence-electron chi connectivity index (χ4n) is 2.52. The third-order valence-electron chi connectivity index (χ3n) is 4.02. The number of benzene rings is 1. The highest BCUT2D eigenvalue weighted by molar-refractivity contribution is 5.97. The van der Waals surface area contributed by atoms with Crippen molar-refractivity contribution < 1.29 is 4.79 Å². The second-order valence-electron chi connectivity index (χ2n) is 6.58. The van der Waals surface area contributed by atoms with E-state index in [9.17, 15) is 4.79 Å². The Bertz CT molecular complexity index is 923. The van der Waals surface area contributed by atoms with Gasteiger partial charge in [-0.3, -0.25) is 9.48 Å². The molecular formula is C19H24N8O. The molecule has 0 aliphatic carbocycles. The fourth-order valence-corrected chi connectivity index (χ4v) is 2.52. The molecule has 0 aliphatic heterocycles. The molecule has 0 saturated heterocycles. The largest absolute Gasteiger partial charge is 0.365 e. The number of hydrogen-bond acceptors (Lipinski definition) is 7. The maximum atomic E-state index is 11.7. The summed E-state index contributed by atoms with van der Waals surface area (Å²) in [6, 6.07) is 9.82. The van der Waals surface area contributed by atoms with Crippen molar-refractivity contribution in [3.63, 3.8) is 0 Å². The van der Waals surface area contributed by atoms with Crippen molar-refractivity contribution in [1.29, 1.82) is 0 Å². The number of nitrogens with zero attached hydrogens (tertiary/aromatic N) is 5. The van der Waals surface area contributed by atoms with Gasteiger partial charge < -0.3 is 21.3 Å². The summed E-state index contributed by atoms with van der Waals surface area (Å²) < 4.78 is 1.84. The van der Waals surface area contributed by atoms with E-state index in [0.29, 0.717) is 18.3 Å². The van der Waals surface area contributed by atoms with Crippen LogP contribution in [-0.4, -0.2) is 51.2 Å². The van der Waals surface area contributed by atoms with Gasteiger partial charge in [0.2, 0.25) is 5.95 Å². The third kappa shape index (κ3) is 5.27. The first-order valence-electron chi connectivity index (χ1n) is 8.90. The van der Waals surface area contributed by atoms with Crippen molar-refractivity contribution in [2.45, 2.75) is 13.1 Å². The summed E-state index contributed by atoms with van der Waals surface area (Å²) in [6.07, 6.45) is 5.01. The highest BCUT2D eigenvalue weighted by atomic mass is 16.1. The summed E-state index contributed by atoms with van der Waals surface area (Å²) in [5.41, 5.74) is 7.52. The van der Waals surface area contributed by atoms with E-state index in [1.54, 1.807) is 6.20 Å². The minimum atomic E-state index is -0.585. The van der Waals surface area contributed by atoms with Crippen molar-refractivity contribution in [1.82, 2.24) is 24.6 Å². The standard InChI is InChI=1S/C19H24N8O/c1-26(2)8-9-27-13-15(11-23-27)24-19-22-12-16(17(20)28)18(25-19)21-10-14-6-4-3-5-7-14/h3-7,11-13H,8-10H2,1-2H3,(H2,20,28)(H2,21,22,24,25). The third-order valence-corrected chi connectivity index (χ3v) is 4.02. The van der Waals surface area contributed by atoms with E-state index in [0.717, 1.165) is 24.3 Å². The van der Waals surface area contributed by atoms with Crippen molar-refractivity contribution in [3.8, 4) is 0 Å². The van der Waals surface area contributed by atoms with Crippen LogP contribution in [0.4, 0.5) is 17.5 Å². The van der Waals surface area contributed by atoms with E-state index in [-0.39, 0.29) is 5.56 Å². The van der Waals surface area contributed by atoms with E-state index in [1.807, 2.05) is 55.3 Å². The van der Waals surface area contributed by atoms with Gasteiger partial charge in [-0.2, -0.15) is 10.1 Å². The molecular weight excluding hydrogens is 356 g/mol. The zero-order chi connectivity index (χ0) is 19.9. The Labute approximate surface area is 163 Å². The van der Waals surface area contributed by atoms with Crippen LogP contribution in [0, 0.1) is 0 Å². The number of amides is 1. The number of anilines is 3. The Hall–Kier alpha value is -3.46. The minimum absolute atomic E-state index is 0.239. The average molecular weight is 380 g/mol. The summed E-state index contributed by atoms with van der Waals surface area (Å²) >= 11 is 0. The topological polar surface area (TPSA) is 114 Å².